The lowest BCUT2D eigenvalue weighted by molar-refractivity contribution is 0.0945. The second kappa shape index (κ2) is 4.85. The molecule has 1 aliphatic rings. The molecule has 96 valence electrons. The number of fused-ring (bicyclic) bond motifs is 1. The molecule has 0 saturated carbocycles. The number of carbonyl (C=O) groups excluding carboxylic acids is 1. The molecule has 0 bridgehead atoms. The summed E-state index contributed by atoms with van der Waals surface area (Å²) in [6.45, 7) is 0.608. The van der Waals surface area contributed by atoms with Crippen LogP contribution in [0.15, 0.2) is 30.6 Å². The van der Waals surface area contributed by atoms with E-state index in [4.69, 9.17) is 16.3 Å². The Morgan fingerprint density at radius 1 is 1.32 bits per heavy atom. The molecule has 3 rings (SSSR count). The summed E-state index contributed by atoms with van der Waals surface area (Å²) in [6, 6.07) is 6.91. The molecule has 1 aromatic heterocycles. The topological polar surface area (TPSA) is 64.1 Å². The van der Waals surface area contributed by atoms with Crippen LogP contribution in [0.2, 0.25) is 5.15 Å². The SMILES string of the molecule is O=C1NCCc2c(Oc3cc(Cl)ncn3)cccc21. The first-order valence-corrected chi connectivity index (χ1v) is 6.17. The highest BCUT2D eigenvalue weighted by Gasteiger charge is 2.20. The standard InChI is InChI=1S/C13H10ClN3O2/c14-11-6-12(17-7-16-11)19-10-3-1-2-9-8(10)4-5-15-13(9)18/h1-3,6-7H,4-5H2,(H,15,18). The van der Waals surface area contributed by atoms with Gasteiger partial charge in [0.15, 0.2) is 0 Å². The van der Waals surface area contributed by atoms with Gasteiger partial charge in [-0.25, -0.2) is 9.97 Å². The van der Waals surface area contributed by atoms with Gasteiger partial charge in [0.25, 0.3) is 5.91 Å². The normalized spacial score (nSPS) is 13.6. The van der Waals surface area contributed by atoms with E-state index in [0.29, 0.717) is 28.9 Å². The fourth-order valence-electron chi connectivity index (χ4n) is 2.01. The molecule has 0 unspecified atom stereocenters. The first kappa shape index (κ1) is 11.9. The van der Waals surface area contributed by atoms with Crippen molar-refractivity contribution in [2.75, 3.05) is 6.54 Å². The van der Waals surface area contributed by atoms with Gasteiger partial charge in [0.1, 0.15) is 17.2 Å². The maximum atomic E-state index is 11.7. The molecule has 0 spiro atoms. The quantitative estimate of drug-likeness (QED) is 0.854. The van der Waals surface area contributed by atoms with E-state index in [-0.39, 0.29) is 5.91 Å². The lowest BCUT2D eigenvalue weighted by Crippen LogP contribution is -2.31. The zero-order valence-electron chi connectivity index (χ0n) is 9.89. The van der Waals surface area contributed by atoms with Gasteiger partial charge >= 0.3 is 0 Å². The molecule has 0 aliphatic carbocycles. The fraction of sp³-hybridized carbons (Fsp3) is 0.154. The van der Waals surface area contributed by atoms with E-state index in [2.05, 4.69) is 15.3 Å². The smallest absolute Gasteiger partial charge is 0.251 e. The van der Waals surface area contributed by atoms with Crippen molar-refractivity contribution in [3.05, 3.63) is 46.9 Å². The number of ether oxygens (including phenoxy) is 1. The summed E-state index contributed by atoms with van der Waals surface area (Å²) in [5, 5.41) is 3.11. The average molecular weight is 276 g/mol. The molecule has 1 aliphatic heterocycles. The van der Waals surface area contributed by atoms with Crippen molar-refractivity contribution in [1.82, 2.24) is 15.3 Å². The van der Waals surface area contributed by atoms with Crippen LogP contribution in [0.1, 0.15) is 15.9 Å². The van der Waals surface area contributed by atoms with E-state index in [1.54, 1.807) is 12.1 Å². The summed E-state index contributed by atoms with van der Waals surface area (Å²) >= 11 is 5.78. The van der Waals surface area contributed by atoms with E-state index in [1.165, 1.54) is 12.4 Å². The van der Waals surface area contributed by atoms with Crippen LogP contribution in [0.3, 0.4) is 0 Å². The minimum absolute atomic E-state index is 0.0765. The Morgan fingerprint density at radius 3 is 3.05 bits per heavy atom. The number of nitrogens with zero attached hydrogens (tertiary/aromatic N) is 2. The predicted octanol–water partition coefficient (Wildman–Crippen LogP) is 2.21. The second-order valence-corrected chi connectivity index (χ2v) is 4.46. The summed E-state index contributed by atoms with van der Waals surface area (Å²) in [5.74, 6) is 0.911. The van der Waals surface area contributed by atoms with Gasteiger partial charge in [-0.15, -0.1) is 0 Å². The van der Waals surface area contributed by atoms with E-state index in [0.717, 1.165) is 12.0 Å². The first-order valence-electron chi connectivity index (χ1n) is 5.79. The largest absolute Gasteiger partial charge is 0.439 e. The fourth-order valence-corrected chi connectivity index (χ4v) is 2.15. The predicted molar refractivity (Wildman–Crippen MR) is 69.6 cm³/mol. The summed E-state index contributed by atoms with van der Waals surface area (Å²) in [4.78, 5) is 19.5. The average Bonchev–Trinajstić information content (AvgIpc) is 2.40. The third kappa shape index (κ3) is 2.37. The minimum Gasteiger partial charge on any atom is -0.439 e. The van der Waals surface area contributed by atoms with E-state index in [1.807, 2.05) is 6.07 Å². The van der Waals surface area contributed by atoms with Gasteiger partial charge in [-0.3, -0.25) is 4.79 Å². The van der Waals surface area contributed by atoms with Crippen molar-refractivity contribution >= 4 is 17.5 Å². The number of nitrogens with one attached hydrogen (secondary N) is 1. The molecule has 5 nitrogen and oxygen atoms in total. The Kier molecular flexibility index (Phi) is 3.05. The number of hydrogen-bond acceptors (Lipinski definition) is 4. The van der Waals surface area contributed by atoms with E-state index >= 15 is 0 Å². The lowest BCUT2D eigenvalue weighted by Gasteiger charge is -2.19. The van der Waals surface area contributed by atoms with Crippen molar-refractivity contribution in [3.8, 4) is 11.6 Å². The molecular weight excluding hydrogens is 266 g/mol. The maximum absolute atomic E-state index is 11.7. The number of carbonyl (C=O) groups is 1. The molecule has 1 amide bonds. The Balaban J connectivity index is 1.98. The second-order valence-electron chi connectivity index (χ2n) is 4.07. The molecule has 1 N–H and O–H groups in total. The Labute approximate surface area is 114 Å². The molecule has 19 heavy (non-hydrogen) atoms. The molecule has 1 aromatic carbocycles. The van der Waals surface area contributed by atoms with Gasteiger partial charge in [0, 0.05) is 23.7 Å². The molecule has 0 fully saturated rings. The Morgan fingerprint density at radius 2 is 2.21 bits per heavy atom. The van der Waals surface area contributed by atoms with Crippen LogP contribution in [0.4, 0.5) is 0 Å². The molecule has 0 atom stereocenters. The van der Waals surface area contributed by atoms with Gasteiger partial charge in [0.2, 0.25) is 5.88 Å². The van der Waals surface area contributed by atoms with Crippen LogP contribution < -0.4 is 10.1 Å². The molecule has 2 aromatic rings. The Hall–Kier alpha value is -2.14. The first-order chi connectivity index (χ1) is 9.24. The Bertz CT molecular complexity index is 646. The third-order valence-corrected chi connectivity index (χ3v) is 3.07. The molecular formula is C13H10ClN3O2. The van der Waals surface area contributed by atoms with Crippen molar-refractivity contribution in [1.29, 1.82) is 0 Å². The minimum atomic E-state index is -0.0765. The van der Waals surface area contributed by atoms with Crippen molar-refractivity contribution in [3.63, 3.8) is 0 Å². The van der Waals surface area contributed by atoms with Gasteiger partial charge in [0.05, 0.1) is 0 Å². The van der Waals surface area contributed by atoms with Crippen LogP contribution in [0, 0.1) is 0 Å². The number of amides is 1. The lowest BCUT2D eigenvalue weighted by atomic mass is 9.99. The number of hydrogen-bond donors (Lipinski definition) is 1. The van der Waals surface area contributed by atoms with E-state index in [9.17, 15) is 4.79 Å². The number of benzene rings is 1. The van der Waals surface area contributed by atoms with Gasteiger partial charge in [-0.2, -0.15) is 0 Å². The number of aromatic nitrogens is 2. The highest BCUT2D eigenvalue weighted by atomic mass is 35.5. The summed E-state index contributed by atoms with van der Waals surface area (Å²) in [5.41, 5.74) is 1.53. The van der Waals surface area contributed by atoms with Crippen LogP contribution in [0.5, 0.6) is 11.6 Å². The number of halogens is 1. The van der Waals surface area contributed by atoms with Crippen LogP contribution >= 0.6 is 11.6 Å². The highest BCUT2D eigenvalue weighted by Crippen LogP contribution is 2.29. The zero-order valence-corrected chi connectivity index (χ0v) is 10.6. The molecule has 6 heteroatoms. The van der Waals surface area contributed by atoms with Crippen molar-refractivity contribution in [2.45, 2.75) is 6.42 Å². The van der Waals surface area contributed by atoms with Gasteiger partial charge in [-0.1, -0.05) is 17.7 Å². The van der Waals surface area contributed by atoms with Crippen LogP contribution in [-0.2, 0) is 6.42 Å². The van der Waals surface area contributed by atoms with Crippen LogP contribution in [-0.4, -0.2) is 22.4 Å². The van der Waals surface area contributed by atoms with Gasteiger partial charge in [-0.05, 0) is 18.6 Å². The molecule has 0 saturated heterocycles. The van der Waals surface area contributed by atoms with Gasteiger partial charge < -0.3 is 10.1 Å². The monoisotopic (exact) mass is 275 g/mol. The highest BCUT2D eigenvalue weighted by molar-refractivity contribution is 6.29. The van der Waals surface area contributed by atoms with Crippen LogP contribution in [0.25, 0.3) is 0 Å². The van der Waals surface area contributed by atoms with Crippen molar-refractivity contribution in [2.24, 2.45) is 0 Å². The van der Waals surface area contributed by atoms with E-state index < -0.39 is 0 Å². The summed E-state index contributed by atoms with van der Waals surface area (Å²) in [7, 11) is 0. The zero-order chi connectivity index (χ0) is 13.2. The maximum Gasteiger partial charge on any atom is 0.251 e. The molecule has 2 heterocycles. The van der Waals surface area contributed by atoms with Crippen molar-refractivity contribution < 1.29 is 9.53 Å². The number of rotatable bonds is 2. The third-order valence-electron chi connectivity index (χ3n) is 2.86. The summed E-state index contributed by atoms with van der Waals surface area (Å²) < 4.78 is 5.69. The molecule has 0 radical (unpaired) electrons. The summed E-state index contributed by atoms with van der Waals surface area (Å²) in [6.07, 6.45) is 2.07.